The summed E-state index contributed by atoms with van der Waals surface area (Å²) in [4.78, 5) is 48.2. The summed E-state index contributed by atoms with van der Waals surface area (Å²) in [5.41, 5.74) is -1.05. The van der Waals surface area contributed by atoms with Crippen LogP contribution in [0, 0.1) is 11.8 Å². The Morgan fingerprint density at radius 3 is 2.40 bits per heavy atom. The van der Waals surface area contributed by atoms with E-state index >= 15 is 0 Å². The maximum absolute atomic E-state index is 14.6. The smallest absolute Gasteiger partial charge is 0.248 e. The molecule has 0 radical (unpaired) electrons. The molecule has 40 heavy (non-hydrogen) atoms. The molecule has 218 valence electrons. The number of amides is 3. The molecule has 1 N–H and O–H groups in total. The number of nitrogens with zero attached hydrogens (tertiary/aromatic N) is 3. The van der Waals surface area contributed by atoms with Crippen LogP contribution in [0.15, 0.2) is 55.6 Å². The minimum atomic E-state index is -1.15. The molecule has 0 aliphatic carbocycles. The highest BCUT2D eigenvalue weighted by Crippen LogP contribution is 2.64. The van der Waals surface area contributed by atoms with Crippen molar-refractivity contribution in [1.29, 1.82) is 0 Å². The number of fused-ring (bicyclic) bond motifs is 1. The fourth-order valence-corrected chi connectivity index (χ4v) is 7.31. The van der Waals surface area contributed by atoms with Gasteiger partial charge in [-0.05, 0) is 52.0 Å². The van der Waals surface area contributed by atoms with Crippen molar-refractivity contribution in [2.45, 2.75) is 82.7 Å². The number of hydrogen-bond donors (Lipinski definition) is 1. The largest absolute Gasteiger partial charge is 0.394 e. The average Bonchev–Trinajstić information content (AvgIpc) is 3.50. The highest BCUT2D eigenvalue weighted by molar-refractivity contribution is 5.99. The lowest BCUT2D eigenvalue weighted by atomic mass is 9.66. The van der Waals surface area contributed by atoms with Gasteiger partial charge >= 0.3 is 0 Å². The van der Waals surface area contributed by atoms with Crippen LogP contribution >= 0.6 is 0 Å². The van der Waals surface area contributed by atoms with Gasteiger partial charge in [0.15, 0.2) is 0 Å². The van der Waals surface area contributed by atoms with E-state index in [0.717, 1.165) is 12.0 Å². The molecule has 0 aromatic heterocycles. The third-order valence-electron chi connectivity index (χ3n) is 9.02. The zero-order valence-corrected chi connectivity index (χ0v) is 24.4. The van der Waals surface area contributed by atoms with Crippen molar-refractivity contribution in [2.24, 2.45) is 11.8 Å². The topological polar surface area (TPSA) is 90.4 Å². The normalized spacial score (nSPS) is 29.4. The SMILES string of the molecule is C=CCN(CCC)C(=O)[C@@H]1[C@H]2C(=O)N([C@@H](CO)Cc3ccccc3)C(C(=O)N(CC=C)C(C)C)C23CC[C@@]1(C)O3. The second kappa shape index (κ2) is 11.9. The Bertz CT molecular complexity index is 1120. The highest BCUT2D eigenvalue weighted by atomic mass is 16.5. The van der Waals surface area contributed by atoms with E-state index in [4.69, 9.17) is 4.74 Å². The maximum Gasteiger partial charge on any atom is 0.248 e. The lowest BCUT2D eigenvalue weighted by molar-refractivity contribution is -0.157. The summed E-state index contributed by atoms with van der Waals surface area (Å²) in [7, 11) is 0. The molecular formula is C32H45N3O5. The van der Waals surface area contributed by atoms with Gasteiger partial charge in [-0.25, -0.2) is 0 Å². The van der Waals surface area contributed by atoms with Crippen molar-refractivity contribution < 1.29 is 24.2 Å². The van der Waals surface area contributed by atoms with Gasteiger partial charge in [-0.1, -0.05) is 49.4 Å². The monoisotopic (exact) mass is 551 g/mol. The second-order valence-electron chi connectivity index (χ2n) is 11.9. The molecular weight excluding hydrogens is 506 g/mol. The van der Waals surface area contributed by atoms with E-state index in [2.05, 4.69) is 13.2 Å². The van der Waals surface area contributed by atoms with Gasteiger partial charge in [-0.15, -0.1) is 13.2 Å². The molecule has 3 aliphatic rings. The Morgan fingerprint density at radius 2 is 1.82 bits per heavy atom. The fourth-order valence-electron chi connectivity index (χ4n) is 7.31. The van der Waals surface area contributed by atoms with Crippen molar-refractivity contribution >= 4 is 17.7 Å². The van der Waals surface area contributed by atoms with Crippen LogP contribution < -0.4 is 0 Å². The number of carbonyl (C=O) groups is 3. The van der Waals surface area contributed by atoms with Gasteiger partial charge in [0.1, 0.15) is 11.6 Å². The molecule has 3 fully saturated rings. The Hall–Kier alpha value is -2.97. The number of aliphatic hydroxyl groups is 1. The highest BCUT2D eigenvalue weighted by Gasteiger charge is 2.78. The molecule has 8 heteroatoms. The molecule has 8 nitrogen and oxygen atoms in total. The summed E-state index contributed by atoms with van der Waals surface area (Å²) >= 11 is 0. The Labute approximate surface area is 238 Å². The molecule has 0 saturated carbocycles. The lowest BCUT2D eigenvalue weighted by Crippen LogP contribution is -2.60. The van der Waals surface area contributed by atoms with E-state index in [9.17, 15) is 19.5 Å². The molecule has 3 aliphatic heterocycles. The minimum absolute atomic E-state index is 0.132. The van der Waals surface area contributed by atoms with Crippen LogP contribution in [-0.2, 0) is 25.5 Å². The van der Waals surface area contributed by atoms with Gasteiger partial charge in [0.2, 0.25) is 17.7 Å². The Morgan fingerprint density at radius 1 is 1.15 bits per heavy atom. The van der Waals surface area contributed by atoms with Crippen molar-refractivity contribution in [3.8, 4) is 0 Å². The molecule has 1 spiro atoms. The van der Waals surface area contributed by atoms with Gasteiger partial charge in [-0.2, -0.15) is 0 Å². The van der Waals surface area contributed by atoms with Crippen molar-refractivity contribution in [3.63, 3.8) is 0 Å². The molecule has 1 aromatic carbocycles. The van der Waals surface area contributed by atoms with Crippen LogP contribution in [0.5, 0.6) is 0 Å². The van der Waals surface area contributed by atoms with Crippen LogP contribution in [0.2, 0.25) is 0 Å². The molecule has 3 amide bonds. The van der Waals surface area contributed by atoms with E-state index in [0.29, 0.717) is 38.9 Å². The predicted molar refractivity (Wildman–Crippen MR) is 154 cm³/mol. The summed E-state index contributed by atoms with van der Waals surface area (Å²) in [6.07, 6.45) is 5.61. The third kappa shape index (κ3) is 4.90. The summed E-state index contributed by atoms with van der Waals surface area (Å²) in [6.45, 7) is 16.4. The molecule has 4 rings (SSSR count). The number of rotatable bonds is 13. The molecule has 6 atom stereocenters. The zero-order valence-electron chi connectivity index (χ0n) is 24.4. The first-order valence-electron chi connectivity index (χ1n) is 14.6. The Balaban J connectivity index is 1.83. The number of aliphatic hydroxyl groups excluding tert-OH is 1. The van der Waals surface area contributed by atoms with Crippen molar-refractivity contribution in [1.82, 2.24) is 14.7 Å². The van der Waals surface area contributed by atoms with Crippen LogP contribution in [-0.4, -0.2) is 93.1 Å². The van der Waals surface area contributed by atoms with E-state index in [1.165, 1.54) is 0 Å². The maximum atomic E-state index is 14.6. The second-order valence-corrected chi connectivity index (χ2v) is 11.9. The van der Waals surface area contributed by atoms with Gasteiger partial charge in [-0.3, -0.25) is 14.4 Å². The summed E-state index contributed by atoms with van der Waals surface area (Å²) in [5.74, 6) is -2.17. The van der Waals surface area contributed by atoms with E-state index < -0.39 is 35.1 Å². The first-order chi connectivity index (χ1) is 19.1. The van der Waals surface area contributed by atoms with Gasteiger partial charge < -0.3 is 24.5 Å². The quantitative estimate of drug-likeness (QED) is 0.381. The zero-order chi connectivity index (χ0) is 29.2. The summed E-state index contributed by atoms with van der Waals surface area (Å²) < 4.78 is 6.81. The van der Waals surface area contributed by atoms with Crippen LogP contribution in [0.4, 0.5) is 0 Å². The van der Waals surface area contributed by atoms with E-state index in [1.807, 2.05) is 58.0 Å². The van der Waals surface area contributed by atoms with Gasteiger partial charge in [0, 0.05) is 25.7 Å². The Kier molecular flexibility index (Phi) is 8.90. The molecule has 2 bridgehead atoms. The number of ether oxygens (including phenoxy) is 1. The number of benzene rings is 1. The van der Waals surface area contributed by atoms with Gasteiger partial charge in [0.05, 0.1) is 30.1 Å². The minimum Gasteiger partial charge on any atom is -0.394 e. The number of likely N-dealkylation sites (tertiary alicyclic amines) is 1. The van der Waals surface area contributed by atoms with E-state index in [1.54, 1.807) is 26.9 Å². The first-order valence-corrected chi connectivity index (χ1v) is 14.6. The molecule has 3 heterocycles. The summed E-state index contributed by atoms with van der Waals surface area (Å²) in [6, 6.07) is 7.91. The molecule has 3 saturated heterocycles. The number of carbonyl (C=O) groups excluding carboxylic acids is 3. The van der Waals surface area contributed by atoms with E-state index in [-0.39, 0.29) is 30.4 Å². The number of hydrogen-bond acceptors (Lipinski definition) is 5. The first kappa shape index (κ1) is 30.0. The van der Waals surface area contributed by atoms with Crippen molar-refractivity contribution in [2.75, 3.05) is 26.2 Å². The summed E-state index contributed by atoms with van der Waals surface area (Å²) in [5, 5.41) is 10.6. The molecule has 2 unspecified atom stereocenters. The molecule has 1 aromatic rings. The lowest BCUT2D eigenvalue weighted by Gasteiger charge is -2.40. The van der Waals surface area contributed by atoms with Crippen LogP contribution in [0.3, 0.4) is 0 Å². The van der Waals surface area contributed by atoms with Gasteiger partial charge in [0.25, 0.3) is 0 Å². The van der Waals surface area contributed by atoms with Crippen molar-refractivity contribution in [3.05, 3.63) is 61.2 Å². The average molecular weight is 552 g/mol. The van der Waals surface area contributed by atoms with Crippen LogP contribution in [0.25, 0.3) is 0 Å². The standard InChI is InChI=1S/C32H45N3O5/c1-7-17-33(18-8-2)28(37)25-26-29(38)35(24(21-36)20-23-13-11-10-12-14-23)27(30(39)34(19-9-3)22(4)5)32(26)16-15-31(25,6)40-32/h7,9-14,22,24-27,36H,1,3,8,15-21H2,2,4-6H3/t24-,25+,26+,27?,31-,32?/m1/s1. The predicted octanol–water partition coefficient (Wildman–Crippen LogP) is 3.20. The van der Waals surface area contributed by atoms with Crippen LogP contribution in [0.1, 0.15) is 52.5 Å². The fraction of sp³-hybridized carbons (Fsp3) is 0.594. The third-order valence-corrected chi connectivity index (χ3v) is 9.02.